The number of aromatic nitrogens is 2. The predicted octanol–water partition coefficient (Wildman–Crippen LogP) is 3.58. The van der Waals surface area contributed by atoms with E-state index in [9.17, 15) is 18.0 Å². The fourth-order valence-corrected chi connectivity index (χ4v) is 2.21. The number of aromatic amines is 1. The van der Waals surface area contributed by atoms with Gasteiger partial charge >= 0.3 is 12.1 Å². The van der Waals surface area contributed by atoms with Crippen LogP contribution in [0.3, 0.4) is 0 Å². The van der Waals surface area contributed by atoms with E-state index in [-0.39, 0.29) is 5.91 Å². The number of amides is 1. The highest BCUT2D eigenvalue weighted by Crippen LogP contribution is 2.16. The van der Waals surface area contributed by atoms with Gasteiger partial charge in [0, 0.05) is 18.5 Å². The molecule has 0 fully saturated rings. The van der Waals surface area contributed by atoms with E-state index in [0.29, 0.717) is 18.7 Å². The maximum absolute atomic E-state index is 12.1. The third-order valence-corrected chi connectivity index (χ3v) is 3.59. The highest BCUT2D eigenvalue weighted by Gasteiger charge is 2.38. The summed E-state index contributed by atoms with van der Waals surface area (Å²) in [5, 5.41) is 16.9. The molecule has 7 nitrogen and oxygen atoms in total. The van der Waals surface area contributed by atoms with Crippen LogP contribution in [0.5, 0.6) is 0 Å². The van der Waals surface area contributed by atoms with Gasteiger partial charge < -0.3 is 14.8 Å². The van der Waals surface area contributed by atoms with Gasteiger partial charge in [-0.15, -0.1) is 0 Å². The molecule has 154 valence electrons. The lowest BCUT2D eigenvalue weighted by molar-refractivity contribution is -0.192. The summed E-state index contributed by atoms with van der Waals surface area (Å²) < 4.78 is 37.2. The van der Waals surface area contributed by atoms with Crippen molar-refractivity contribution >= 4 is 11.9 Å². The van der Waals surface area contributed by atoms with Crippen LogP contribution in [0.25, 0.3) is 11.3 Å². The number of carbonyl (C=O) groups is 2. The third kappa shape index (κ3) is 6.83. The number of carboxylic acids is 1. The number of H-pyrrole nitrogens is 1. The molecule has 2 aromatic heterocycles. The molecule has 1 aromatic carbocycles. The summed E-state index contributed by atoms with van der Waals surface area (Å²) in [6.45, 7) is 2.42. The number of aryl methyl sites for hydroxylation is 1. The molecule has 0 bridgehead atoms. The second-order valence-electron chi connectivity index (χ2n) is 5.85. The molecule has 0 saturated heterocycles. The summed E-state index contributed by atoms with van der Waals surface area (Å²) in [5.74, 6) is -1.18. The van der Waals surface area contributed by atoms with E-state index >= 15 is 0 Å². The van der Waals surface area contributed by atoms with Crippen molar-refractivity contribution in [3.05, 3.63) is 65.7 Å². The van der Waals surface area contributed by atoms with Crippen molar-refractivity contribution < 1.29 is 32.3 Å². The van der Waals surface area contributed by atoms with Crippen molar-refractivity contribution in [1.29, 1.82) is 0 Å². The number of furan rings is 1. The Morgan fingerprint density at radius 3 is 2.38 bits per heavy atom. The van der Waals surface area contributed by atoms with Crippen LogP contribution < -0.4 is 5.32 Å². The van der Waals surface area contributed by atoms with Crippen molar-refractivity contribution in [2.75, 3.05) is 6.54 Å². The summed E-state index contributed by atoms with van der Waals surface area (Å²) in [5.41, 5.74) is 2.19. The standard InChI is InChI=1S/C17H17N3O2.C2HF3O2/c1-12-7-8-14(22-12)9-10-18-17(21)16-11-15(19-20-16)13-5-3-2-4-6-13;3-2(4,5)1(6)7/h2-8,11H,9-10H2,1H3,(H,18,21)(H,19,20);(H,6,7). The Morgan fingerprint density at radius 1 is 1.17 bits per heavy atom. The molecule has 1 amide bonds. The number of aliphatic carboxylic acids is 1. The fourth-order valence-electron chi connectivity index (χ4n) is 2.21. The first-order chi connectivity index (χ1) is 13.7. The monoisotopic (exact) mass is 409 g/mol. The Bertz CT molecular complexity index is 949. The number of nitrogens with zero attached hydrogens (tertiary/aromatic N) is 1. The van der Waals surface area contributed by atoms with Crippen LogP contribution in [-0.4, -0.2) is 39.9 Å². The number of nitrogens with one attached hydrogen (secondary N) is 2. The van der Waals surface area contributed by atoms with Crippen molar-refractivity contribution in [3.8, 4) is 11.3 Å². The average Bonchev–Trinajstić information content (AvgIpc) is 3.31. The first kappa shape index (κ1) is 21.7. The molecule has 29 heavy (non-hydrogen) atoms. The number of alkyl halides is 3. The van der Waals surface area contributed by atoms with Crippen molar-refractivity contribution in [3.63, 3.8) is 0 Å². The number of halogens is 3. The van der Waals surface area contributed by atoms with Gasteiger partial charge in [0.25, 0.3) is 5.91 Å². The third-order valence-electron chi connectivity index (χ3n) is 3.59. The molecule has 0 radical (unpaired) electrons. The summed E-state index contributed by atoms with van der Waals surface area (Å²) in [6.07, 6.45) is -4.42. The quantitative estimate of drug-likeness (QED) is 0.597. The minimum Gasteiger partial charge on any atom is -0.475 e. The van der Waals surface area contributed by atoms with Gasteiger partial charge in [-0.05, 0) is 25.1 Å². The number of hydrogen-bond donors (Lipinski definition) is 3. The highest BCUT2D eigenvalue weighted by molar-refractivity contribution is 5.93. The summed E-state index contributed by atoms with van der Waals surface area (Å²) in [6, 6.07) is 15.3. The molecular weight excluding hydrogens is 391 g/mol. The van der Waals surface area contributed by atoms with Gasteiger partial charge in [-0.1, -0.05) is 30.3 Å². The van der Waals surface area contributed by atoms with Crippen LogP contribution in [0.2, 0.25) is 0 Å². The lowest BCUT2D eigenvalue weighted by Gasteiger charge is -2.01. The number of carbonyl (C=O) groups excluding carboxylic acids is 1. The lowest BCUT2D eigenvalue weighted by Crippen LogP contribution is -2.25. The van der Waals surface area contributed by atoms with Gasteiger partial charge in [-0.3, -0.25) is 9.89 Å². The highest BCUT2D eigenvalue weighted by atomic mass is 19.4. The predicted molar refractivity (Wildman–Crippen MR) is 97.2 cm³/mol. The van der Waals surface area contributed by atoms with Crippen LogP contribution in [-0.2, 0) is 11.2 Å². The van der Waals surface area contributed by atoms with Gasteiger partial charge in [0.05, 0.1) is 5.69 Å². The molecule has 0 unspecified atom stereocenters. The average molecular weight is 409 g/mol. The Hall–Kier alpha value is -3.56. The zero-order valence-electron chi connectivity index (χ0n) is 15.3. The zero-order valence-corrected chi connectivity index (χ0v) is 15.3. The lowest BCUT2D eigenvalue weighted by atomic mass is 10.1. The van der Waals surface area contributed by atoms with Crippen LogP contribution in [0, 0.1) is 6.92 Å². The Balaban J connectivity index is 0.000000370. The van der Waals surface area contributed by atoms with Gasteiger partial charge in [-0.25, -0.2) is 4.79 Å². The second-order valence-corrected chi connectivity index (χ2v) is 5.85. The first-order valence-corrected chi connectivity index (χ1v) is 8.41. The molecule has 0 aliphatic carbocycles. The van der Waals surface area contributed by atoms with Crippen molar-refractivity contribution in [2.24, 2.45) is 0 Å². The Kier molecular flexibility index (Phi) is 7.18. The van der Waals surface area contributed by atoms with E-state index in [2.05, 4.69) is 15.5 Å². The second kappa shape index (κ2) is 9.58. The van der Waals surface area contributed by atoms with Crippen molar-refractivity contribution in [2.45, 2.75) is 19.5 Å². The number of carboxylic acid groups (broad SMARTS) is 1. The molecule has 0 saturated carbocycles. The smallest absolute Gasteiger partial charge is 0.475 e. The number of hydrogen-bond acceptors (Lipinski definition) is 4. The minimum absolute atomic E-state index is 0.169. The molecule has 0 atom stereocenters. The minimum atomic E-state index is -5.08. The van der Waals surface area contributed by atoms with Crippen LogP contribution in [0.15, 0.2) is 52.9 Å². The molecule has 0 spiro atoms. The topological polar surface area (TPSA) is 108 Å². The first-order valence-electron chi connectivity index (χ1n) is 8.41. The Morgan fingerprint density at radius 2 is 1.83 bits per heavy atom. The Labute approximate surface area is 163 Å². The van der Waals surface area contributed by atoms with Gasteiger partial charge in [-0.2, -0.15) is 18.3 Å². The molecule has 0 aliphatic rings. The molecule has 3 rings (SSSR count). The SMILES string of the molecule is Cc1ccc(CCNC(=O)c2cc(-c3ccccc3)n[nH]2)o1.O=C(O)C(F)(F)F. The van der Waals surface area contributed by atoms with E-state index in [1.165, 1.54) is 0 Å². The maximum Gasteiger partial charge on any atom is 0.490 e. The summed E-state index contributed by atoms with van der Waals surface area (Å²) in [4.78, 5) is 21.0. The van der Waals surface area contributed by atoms with Gasteiger partial charge in [0.2, 0.25) is 0 Å². The van der Waals surface area contributed by atoms with Gasteiger partial charge in [0.15, 0.2) is 0 Å². The molecular formula is C19H18F3N3O4. The van der Waals surface area contributed by atoms with E-state index in [4.69, 9.17) is 14.3 Å². The van der Waals surface area contributed by atoms with Crippen molar-refractivity contribution in [1.82, 2.24) is 15.5 Å². The van der Waals surface area contributed by atoms with E-state index in [0.717, 1.165) is 22.8 Å². The molecule has 0 aliphatic heterocycles. The van der Waals surface area contributed by atoms with E-state index < -0.39 is 12.1 Å². The molecule has 10 heteroatoms. The largest absolute Gasteiger partial charge is 0.490 e. The molecule has 3 aromatic rings. The number of benzene rings is 1. The molecule has 3 N–H and O–H groups in total. The number of rotatable bonds is 5. The van der Waals surface area contributed by atoms with Crippen LogP contribution >= 0.6 is 0 Å². The zero-order chi connectivity index (χ0) is 21.4. The fraction of sp³-hybridized carbons (Fsp3) is 0.211. The van der Waals surface area contributed by atoms with Crippen LogP contribution in [0.1, 0.15) is 22.0 Å². The van der Waals surface area contributed by atoms with E-state index in [1.807, 2.05) is 49.4 Å². The van der Waals surface area contributed by atoms with E-state index in [1.54, 1.807) is 6.07 Å². The summed E-state index contributed by atoms with van der Waals surface area (Å²) in [7, 11) is 0. The maximum atomic E-state index is 12.1. The molecule has 2 heterocycles. The normalized spacial score (nSPS) is 10.8. The summed E-state index contributed by atoms with van der Waals surface area (Å²) >= 11 is 0. The van der Waals surface area contributed by atoms with Gasteiger partial charge in [0.1, 0.15) is 17.2 Å². The van der Waals surface area contributed by atoms with Crippen LogP contribution in [0.4, 0.5) is 13.2 Å².